The van der Waals surface area contributed by atoms with Crippen molar-refractivity contribution in [3.8, 4) is 5.75 Å². The molecule has 0 heterocycles. The van der Waals surface area contributed by atoms with Crippen LogP contribution in [-0.2, 0) is 4.79 Å². The summed E-state index contributed by atoms with van der Waals surface area (Å²) in [7, 11) is 0. The van der Waals surface area contributed by atoms with E-state index in [0.29, 0.717) is 5.75 Å². The molecular weight excluding hydrogens is 331 g/mol. The number of halogens is 2. The van der Waals surface area contributed by atoms with Crippen LogP contribution in [0.5, 0.6) is 5.75 Å². The summed E-state index contributed by atoms with van der Waals surface area (Å²) in [6, 6.07) is 8.24. The van der Waals surface area contributed by atoms with Crippen molar-refractivity contribution < 1.29 is 13.9 Å². The first-order valence-electron chi connectivity index (χ1n) is 7.35. The number of nitrogens with zero attached hydrogens (tertiary/aromatic N) is 1. The monoisotopic (exact) mass is 348 g/mol. The first-order chi connectivity index (χ1) is 11.4. The molecular formula is C18H18ClFN2O2. The summed E-state index contributed by atoms with van der Waals surface area (Å²) < 4.78 is 19.1. The Hall–Kier alpha value is -2.40. The summed E-state index contributed by atoms with van der Waals surface area (Å²) in [5.74, 6) is -0.270. The fourth-order valence-electron chi connectivity index (χ4n) is 2.12. The van der Waals surface area contributed by atoms with Gasteiger partial charge in [-0.2, -0.15) is 5.10 Å². The lowest BCUT2D eigenvalue weighted by Crippen LogP contribution is -2.25. The summed E-state index contributed by atoms with van der Waals surface area (Å²) >= 11 is 5.87. The van der Waals surface area contributed by atoms with Crippen molar-refractivity contribution in [1.82, 2.24) is 5.43 Å². The number of benzene rings is 2. The molecule has 0 radical (unpaired) electrons. The molecule has 0 aliphatic carbocycles. The normalized spacial score (nSPS) is 10.9. The zero-order valence-electron chi connectivity index (χ0n) is 13.7. The third-order valence-corrected chi connectivity index (χ3v) is 3.93. The zero-order chi connectivity index (χ0) is 17.7. The molecule has 0 bridgehead atoms. The van der Waals surface area contributed by atoms with Crippen LogP contribution in [0.25, 0.3) is 0 Å². The van der Waals surface area contributed by atoms with E-state index < -0.39 is 11.7 Å². The van der Waals surface area contributed by atoms with Crippen molar-refractivity contribution in [3.05, 3.63) is 63.4 Å². The zero-order valence-corrected chi connectivity index (χ0v) is 14.4. The number of nitrogens with one attached hydrogen (secondary N) is 1. The van der Waals surface area contributed by atoms with E-state index in [2.05, 4.69) is 10.5 Å². The lowest BCUT2D eigenvalue weighted by Gasteiger charge is -2.13. The van der Waals surface area contributed by atoms with E-state index in [4.69, 9.17) is 16.3 Å². The Morgan fingerprint density at radius 2 is 1.96 bits per heavy atom. The molecule has 6 heteroatoms. The Morgan fingerprint density at radius 3 is 2.67 bits per heavy atom. The molecule has 0 saturated heterocycles. The molecule has 2 rings (SSSR count). The minimum absolute atomic E-state index is 0.116. The molecule has 0 aliphatic heterocycles. The van der Waals surface area contributed by atoms with Crippen LogP contribution in [0.3, 0.4) is 0 Å². The van der Waals surface area contributed by atoms with Gasteiger partial charge in [-0.3, -0.25) is 4.79 Å². The molecule has 2 aromatic rings. The van der Waals surface area contributed by atoms with Gasteiger partial charge >= 0.3 is 0 Å². The van der Waals surface area contributed by atoms with Crippen molar-refractivity contribution in [2.24, 2.45) is 5.10 Å². The smallest absolute Gasteiger partial charge is 0.277 e. The second-order valence-corrected chi connectivity index (χ2v) is 5.78. The van der Waals surface area contributed by atoms with E-state index in [9.17, 15) is 9.18 Å². The van der Waals surface area contributed by atoms with Crippen LogP contribution in [0.1, 0.15) is 22.3 Å². The van der Waals surface area contributed by atoms with Gasteiger partial charge in [0.1, 0.15) is 11.6 Å². The van der Waals surface area contributed by atoms with Crippen LogP contribution < -0.4 is 10.2 Å². The second kappa shape index (κ2) is 7.93. The standard InChI is InChI=1S/C18H18ClFN2O2/c1-11-7-8-12(2)18(13(11)3)24-10-17(23)22-21-9-14-15(19)5-4-6-16(14)20/h4-9H,10H2,1-3H3,(H,22,23)/b21-9+. The van der Waals surface area contributed by atoms with E-state index >= 15 is 0 Å². The molecule has 1 amide bonds. The third-order valence-electron chi connectivity index (χ3n) is 3.60. The number of hydrogen-bond acceptors (Lipinski definition) is 3. The molecule has 1 N–H and O–H groups in total. The van der Waals surface area contributed by atoms with Gasteiger partial charge in [0.2, 0.25) is 0 Å². The molecule has 4 nitrogen and oxygen atoms in total. The number of rotatable bonds is 5. The van der Waals surface area contributed by atoms with Gasteiger partial charge in [-0.15, -0.1) is 0 Å². The molecule has 0 atom stereocenters. The van der Waals surface area contributed by atoms with E-state index in [1.54, 1.807) is 6.07 Å². The highest BCUT2D eigenvalue weighted by Crippen LogP contribution is 2.25. The molecule has 0 fully saturated rings. The summed E-state index contributed by atoms with van der Waals surface area (Å²) in [4.78, 5) is 11.8. The number of ether oxygens (including phenoxy) is 1. The number of carbonyl (C=O) groups is 1. The highest BCUT2D eigenvalue weighted by atomic mass is 35.5. The predicted octanol–water partition coefficient (Wildman–Crippen LogP) is 3.93. The molecule has 24 heavy (non-hydrogen) atoms. The number of amides is 1. The van der Waals surface area contributed by atoms with Crippen LogP contribution in [0.15, 0.2) is 35.4 Å². The van der Waals surface area contributed by atoms with Crippen LogP contribution >= 0.6 is 11.6 Å². The second-order valence-electron chi connectivity index (χ2n) is 5.37. The van der Waals surface area contributed by atoms with Gasteiger partial charge in [0.05, 0.1) is 11.2 Å². The van der Waals surface area contributed by atoms with Crippen molar-refractivity contribution in [3.63, 3.8) is 0 Å². The topological polar surface area (TPSA) is 50.7 Å². The third kappa shape index (κ3) is 4.32. The Balaban J connectivity index is 1.95. The first kappa shape index (κ1) is 17.9. The predicted molar refractivity (Wildman–Crippen MR) is 93.3 cm³/mol. The largest absolute Gasteiger partial charge is 0.483 e. The van der Waals surface area contributed by atoms with Crippen molar-refractivity contribution in [1.29, 1.82) is 0 Å². The Kier molecular flexibility index (Phi) is 5.93. The molecule has 0 spiro atoms. The summed E-state index contributed by atoms with van der Waals surface area (Å²) in [6.07, 6.45) is 1.17. The number of aryl methyl sites for hydroxylation is 2. The van der Waals surface area contributed by atoms with Gasteiger partial charge in [-0.1, -0.05) is 29.8 Å². The fourth-order valence-corrected chi connectivity index (χ4v) is 2.33. The van der Waals surface area contributed by atoms with Gasteiger partial charge < -0.3 is 4.74 Å². The van der Waals surface area contributed by atoms with E-state index in [0.717, 1.165) is 16.7 Å². The molecule has 0 aliphatic rings. The lowest BCUT2D eigenvalue weighted by molar-refractivity contribution is -0.123. The van der Waals surface area contributed by atoms with Crippen LogP contribution in [-0.4, -0.2) is 18.7 Å². The molecule has 0 saturated carbocycles. The highest BCUT2D eigenvalue weighted by molar-refractivity contribution is 6.33. The Bertz CT molecular complexity index is 771. The fraction of sp³-hybridized carbons (Fsp3) is 0.222. The van der Waals surface area contributed by atoms with Crippen molar-refractivity contribution >= 4 is 23.7 Å². The van der Waals surface area contributed by atoms with E-state index in [1.165, 1.54) is 18.3 Å². The van der Waals surface area contributed by atoms with Gasteiger partial charge in [0.15, 0.2) is 6.61 Å². The number of hydrazone groups is 1. The maximum Gasteiger partial charge on any atom is 0.277 e. The quantitative estimate of drug-likeness (QED) is 0.657. The molecule has 0 aromatic heterocycles. The van der Waals surface area contributed by atoms with Gasteiger partial charge in [-0.05, 0) is 49.6 Å². The highest BCUT2D eigenvalue weighted by Gasteiger charge is 2.09. The maximum atomic E-state index is 13.6. The average molecular weight is 349 g/mol. The first-order valence-corrected chi connectivity index (χ1v) is 7.73. The maximum absolute atomic E-state index is 13.6. The molecule has 2 aromatic carbocycles. The van der Waals surface area contributed by atoms with Crippen molar-refractivity contribution in [2.75, 3.05) is 6.61 Å². The Labute approximate surface area is 145 Å². The Morgan fingerprint density at radius 1 is 1.25 bits per heavy atom. The number of carbonyl (C=O) groups excluding carboxylic acids is 1. The number of hydrogen-bond donors (Lipinski definition) is 1. The molecule has 126 valence electrons. The van der Waals surface area contributed by atoms with Crippen molar-refractivity contribution in [2.45, 2.75) is 20.8 Å². The minimum atomic E-state index is -0.511. The van der Waals surface area contributed by atoms with Crippen LogP contribution in [0, 0.1) is 26.6 Å². The van der Waals surface area contributed by atoms with Gasteiger partial charge in [-0.25, -0.2) is 9.82 Å². The molecule has 0 unspecified atom stereocenters. The summed E-state index contributed by atoms with van der Waals surface area (Å²) in [6.45, 7) is 5.64. The summed E-state index contributed by atoms with van der Waals surface area (Å²) in [5.41, 5.74) is 5.43. The van der Waals surface area contributed by atoms with Gasteiger partial charge in [0, 0.05) is 5.56 Å². The SMILES string of the molecule is Cc1ccc(C)c(OCC(=O)N/N=C/c2c(F)cccc2Cl)c1C. The minimum Gasteiger partial charge on any atom is -0.483 e. The van der Waals surface area contributed by atoms with Gasteiger partial charge in [0.25, 0.3) is 5.91 Å². The van der Waals surface area contributed by atoms with Crippen LogP contribution in [0.4, 0.5) is 4.39 Å². The lowest BCUT2D eigenvalue weighted by atomic mass is 10.1. The summed E-state index contributed by atoms with van der Waals surface area (Å²) in [5, 5.41) is 3.93. The van der Waals surface area contributed by atoms with Crippen LogP contribution in [0.2, 0.25) is 5.02 Å². The van der Waals surface area contributed by atoms with E-state index in [1.807, 2.05) is 32.9 Å². The average Bonchev–Trinajstić information content (AvgIpc) is 2.54. The van der Waals surface area contributed by atoms with E-state index in [-0.39, 0.29) is 17.2 Å².